The molecule has 0 bridgehead atoms. The number of benzene rings is 4. The second kappa shape index (κ2) is 21.1. The van der Waals surface area contributed by atoms with E-state index in [0.717, 1.165) is 41.2 Å². The zero-order chi connectivity index (χ0) is 42.4. The molecule has 4 heteroatoms. The fourth-order valence-corrected chi connectivity index (χ4v) is 9.55. The van der Waals surface area contributed by atoms with Gasteiger partial charge in [0.2, 0.25) is 0 Å². The number of nitrogens with zero attached hydrogens (tertiary/aromatic N) is 4. The van der Waals surface area contributed by atoms with Gasteiger partial charge in [-0.15, -0.1) is 0 Å². The van der Waals surface area contributed by atoms with E-state index in [1.165, 1.54) is 122 Å². The summed E-state index contributed by atoms with van der Waals surface area (Å²) in [5.41, 5.74) is 14.9. The third kappa shape index (κ3) is 9.97. The van der Waals surface area contributed by atoms with E-state index in [9.17, 15) is 0 Å². The van der Waals surface area contributed by atoms with Gasteiger partial charge < -0.3 is 4.90 Å². The monoisotopic (exact) mass is 814 g/mol. The maximum Gasteiger partial charge on any atom is 0.0900 e. The predicted molar refractivity (Wildman–Crippen MR) is 263 cm³/mol. The standard InChI is InChI=1S/C58H62N4/c1-3-5-7-9-11-21-37-58(38-22-12-10-8-6-4-2)52-41-45(31-32-46-42-56(54-29-19-23-39-59-54)61-57(43-46)55-30-20-24-40-60-55)33-35-50(52)51-36-34-49(44-53(51)58)62(47-25-15-13-16-26-47)48-27-17-14-18-28-48/h13-20,23-36,39-44H,3-12,21-22,37-38H2,1-2H3/b32-31+. The lowest BCUT2D eigenvalue weighted by molar-refractivity contribution is 0.398. The van der Waals surface area contributed by atoms with E-state index in [0.29, 0.717) is 0 Å². The number of rotatable bonds is 21. The first-order valence-electron chi connectivity index (χ1n) is 23.4. The summed E-state index contributed by atoms with van der Waals surface area (Å²) in [6.07, 6.45) is 26.0. The van der Waals surface area contributed by atoms with Crippen LogP contribution in [0, 0.1) is 0 Å². The molecule has 0 saturated carbocycles. The summed E-state index contributed by atoms with van der Waals surface area (Å²) in [5.74, 6) is 0. The summed E-state index contributed by atoms with van der Waals surface area (Å²) in [7, 11) is 0. The van der Waals surface area contributed by atoms with Gasteiger partial charge in [0, 0.05) is 34.9 Å². The van der Waals surface area contributed by atoms with Crippen LogP contribution in [-0.2, 0) is 5.41 Å². The lowest BCUT2D eigenvalue weighted by atomic mass is 9.70. The first-order valence-corrected chi connectivity index (χ1v) is 23.4. The topological polar surface area (TPSA) is 41.9 Å². The highest BCUT2D eigenvalue weighted by Gasteiger charge is 2.42. The molecule has 0 spiro atoms. The molecule has 7 aromatic rings. The second-order valence-corrected chi connectivity index (χ2v) is 17.1. The smallest absolute Gasteiger partial charge is 0.0900 e. The van der Waals surface area contributed by atoms with E-state index >= 15 is 0 Å². The van der Waals surface area contributed by atoms with Gasteiger partial charge in [0.25, 0.3) is 0 Å². The van der Waals surface area contributed by atoms with Crippen LogP contribution in [-0.4, -0.2) is 15.0 Å². The van der Waals surface area contributed by atoms with Gasteiger partial charge >= 0.3 is 0 Å². The molecule has 0 aliphatic heterocycles. The largest absolute Gasteiger partial charge is 0.310 e. The molecule has 8 rings (SSSR count). The average molecular weight is 815 g/mol. The van der Waals surface area contributed by atoms with E-state index in [-0.39, 0.29) is 5.41 Å². The summed E-state index contributed by atoms with van der Waals surface area (Å²) >= 11 is 0. The Morgan fingerprint density at radius 1 is 0.419 bits per heavy atom. The molecule has 0 saturated heterocycles. The third-order valence-corrected chi connectivity index (χ3v) is 12.7. The summed E-state index contributed by atoms with van der Waals surface area (Å²) in [4.78, 5) is 16.8. The first-order chi connectivity index (χ1) is 30.7. The van der Waals surface area contributed by atoms with Gasteiger partial charge in [-0.3, -0.25) is 9.97 Å². The van der Waals surface area contributed by atoms with Gasteiger partial charge in [0.1, 0.15) is 0 Å². The molecule has 3 heterocycles. The molecule has 0 atom stereocenters. The quantitative estimate of drug-likeness (QED) is 0.0678. The van der Waals surface area contributed by atoms with Gasteiger partial charge in [0.05, 0.1) is 22.8 Å². The Labute approximate surface area is 370 Å². The van der Waals surface area contributed by atoms with E-state index < -0.39 is 0 Å². The SMILES string of the molecule is CCCCCCCCC1(CCCCCCCC)c2cc(/C=C/c3cc(-c4ccccn4)nc(-c4ccccn4)c3)ccc2-c2ccc(N(c3ccccc3)c3ccccc3)cc21. The van der Waals surface area contributed by atoms with Gasteiger partial charge in [-0.2, -0.15) is 0 Å². The molecular formula is C58H62N4. The van der Waals surface area contributed by atoms with Gasteiger partial charge in [-0.25, -0.2) is 4.98 Å². The Bertz CT molecular complexity index is 2380. The van der Waals surface area contributed by atoms with Crippen molar-refractivity contribution in [3.05, 3.63) is 180 Å². The maximum absolute atomic E-state index is 5.02. The normalized spacial score (nSPS) is 12.7. The molecule has 0 N–H and O–H groups in total. The number of pyridine rings is 3. The van der Waals surface area contributed by atoms with Crippen molar-refractivity contribution < 1.29 is 0 Å². The van der Waals surface area contributed by atoms with Crippen LogP contribution in [0.5, 0.6) is 0 Å². The number of fused-ring (bicyclic) bond motifs is 3. The maximum atomic E-state index is 5.02. The lowest BCUT2D eigenvalue weighted by Crippen LogP contribution is -2.26. The van der Waals surface area contributed by atoms with E-state index in [4.69, 9.17) is 4.98 Å². The van der Waals surface area contributed by atoms with Gasteiger partial charge in [-0.05, 0) is 119 Å². The predicted octanol–water partition coefficient (Wildman–Crippen LogP) is 16.6. The molecule has 1 aliphatic rings. The van der Waals surface area contributed by atoms with E-state index in [1.807, 2.05) is 48.8 Å². The molecule has 1 aliphatic carbocycles. The summed E-state index contributed by atoms with van der Waals surface area (Å²) < 4.78 is 0. The Hall–Kier alpha value is -6.13. The van der Waals surface area contributed by atoms with Crippen molar-refractivity contribution in [1.29, 1.82) is 0 Å². The minimum Gasteiger partial charge on any atom is -0.310 e. The number of aromatic nitrogens is 3. The fraction of sp³-hybridized carbons (Fsp3) is 0.293. The van der Waals surface area contributed by atoms with Crippen molar-refractivity contribution in [2.24, 2.45) is 0 Å². The minimum atomic E-state index is -0.0753. The van der Waals surface area contributed by atoms with Crippen molar-refractivity contribution in [2.45, 2.75) is 109 Å². The molecule has 0 radical (unpaired) electrons. The highest BCUT2D eigenvalue weighted by atomic mass is 15.1. The van der Waals surface area contributed by atoms with Crippen LogP contribution < -0.4 is 4.90 Å². The van der Waals surface area contributed by atoms with Crippen molar-refractivity contribution >= 4 is 29.2 Å². The Morgan fingerprint density at radius 2 is 0.903 bits per heavy atom. The molecule has 0 unspecified atom stereocenters. The third-order valence-electron chi connectivity index (χ3n) is 12.7. The van der Waals surface area contributed by atoms with Crippen LogP contribution >= 0.6 is 0 Å². The Balaban J connectivity index is 1.21. The highest BCUT2D eigenvalue weighted by Crippen LogP contribution is 2.56. The Kier molecular flexibility index (Phi) is 14.5. The molecule has 4 aromatic carbocycles. The van der Waals surface area contributed by atoms with Crippen LogP contribution in [0.15, 0.2) is 158 Å². The van der Waals surface area contributed by atoms with Crippen LogP contribution in [0.2, 0.25) is 0 Å². The number of anilines is 3. The van der Waals surface area contributed by atoms with Crippen LogP contribution in [0.3, 0.4) is 0 Å². The van der Waals surface area contributed by atoms with E-state index in [2.05, 4.69) is 150 Å². The number of hydrogen-bond acceptors (Lipinski definition) is 4. The minimum absolute atomic E-state index is 0.0753. The Morgan fingerprint density at radius 3 is 1.44 bits per heavy atom. The average Bonchev–Trinajstić information content (AvgIpc) is 3.59. The zero-order valence-electron chi connectivity index (χ0n) is 36.9. The summed E-state index contributed by atoms with van der Waals surface area (Å²) in [6, 6.07) is 52.6. The molecular weight excluding hydrogens is 753 g/mol. The van der Waals surface area contributed by atoms with Crippen molar-refractivity contribution in [2.75, 3.05) is 4.90 Å². The first kappa shape index (κ1) is 42.6. The van der Waals surface area contributed by atoms with Crippen LogP contribution in [0.25, 0.3) is 46.1 Å². The molecule has 62 heavy (non-hydrogen) atoms. The van der Waals surface area contributed by atoms with Crippen molar-refractivity contribution in [3.63, 3.8) is 0 Å². The van der Waals surface area contributed by atoms with Crippen LogP contribution in [0.1, 0.15) is 126 Å². The summed E-state index contributed by atoms with van der Waals surface area (Å²) in [6.45, 7) is 4.63. The van der Waals surface area contributed by atoms with Gasteiger partial charge in [0.15, 0.2) is 0 Å². The fourth-order valence-electron chi connectivity index (χ4n) is 9.55. The molecule has 0 amide bonds. The molecule has 0 fully saturated rings. The highest BCUT2D eigenvalue weighted by molar-refractivity contribution is 5.87. The second-order valence-electron chi connectivity index (χ2n) is 17.1. The molecule has 314 valence electrons. The zero-order valence-corrected chi connectivity index (χ0v) is 36.9. The van der Waals surface area contributed by atoms with Crippen molar-refractivity contribution in [3.8, 4) is 33.9 Å². The number of hydrogen-bond donors (Lipinski definition) is 0. The number of unbranched alkanes of at least 4 members (excludes halogenated alkanes) is 10. The van der Waals surface area contributed by atoms with E-state index in [1.54, 1.807) is 0 Å². The molecule has 3 aromatic heterocycles. The molecule has 4 nitrogen and oxygen atoms in total. The van der Waals surface area contributed by atoms with Crippen LogP contribution in [0.4, 0.5) is 17.1 Å². The lowest BCUT2D eigenvalue weighted by Gasteiger charge is -2.34. The van der Waals surface area contributed by atoms with Crippen molar-refractivity contribution in [1.82, 2.24) is 15.0 Å². The summed E-state index contributed by atoms with van der Waals surface area (Å²) in [5, 5.41) is 0. The number of para-hydroxylation sites is 2. The van der Waals surface area contributed by atoms with Gasteiger partial charge in [-0.1, -0.05) is 176 Å².